The van der Waals surface area contributed by atoms with E-state index in [1.165, 1.54) is 12.1 Å². The first-order valence-electron chi connectivity index (χ1n) is 12.5. The number of rotatable bonds is 11. The average molecular weight is 633 g/mol. The summed E-state index contributed by atoms with van der Waals surface area (Å²) in [4.78, 5) is 26.6. The summed E-state index contributed by atoms with van der Waals surface area (Å²) >= 11 is 2.23. The van der Waals surface area contributed by atoms with Gasteiger partial charge in [-0.3, -0.25) is 9.59 Å². The maximum absolute atomic E-state index is 13.8. The van der Waals surface area contributed by atoms with Crippen molar-refractivity contribution >= 4 is 40.1 Å². The van der Waals surface area contributed by atoms with Crippen LogP contribution in [0.15, 0.2) is 66.7 Å². The molecule has 6 nitrogen and oxygen atoms in total. The number of hydrogen-bond donors (Lipinski definition) is 3. The van der Waals surface area contributed by atoms with Crippen LogP contribution in [0.1, 0.15) is 29.5 Å². The number of carbonyl (C=O) groups excluding carboxylic acids is 2. The molecule has 0 radical (unpaired) electrons. The Hall–Kier alpha value is -2.89. The second-order valence-corrected chi connectivity index (χ2v) is 10.7. The fourth-order valence-electron chi connectivity index (χ4n) is 4.58. The van der Waals surface area contributed by atoms with Crippen LogP contribution in [0.5, 0.6) is 0 Å². The zero-order valence-corrected chi connectivity index (χ0v) is 23.0. The number of aliphatic hydroxyl groups excluding tert-OH is 1. The van der Waals surface area contributed by atoms with Crippen LogP contribution in [0.2, 0.25) is 0 Å². The Morgan fingerprint density at radius 1 is 1.00 bits per heavy atom. The number of nitrogens with zero attached hydrogens (tertiary/aromatic N) is 1. The van der Waals surface area contributed by atoms with Crippen LogP contribution >= 0.6 is 22.6 Å². The number of benzene rings is 3. The van der Waals surface area contributed by atoms with Gasteiger partial charge in [0, 0.05) is 41.4 Å². The summed E-state index contributed by atoms with van der Waals surface area (Å²) in [5.74, 6) is -1.66. The lowest BCUT2D eigenvalue weighted by molar-refractivity contribution is -0.122. The monoisotopic (exact) mass is 633 g/mol. The first-order valence-corrected chi connectivity index (χ1v) is 13.6. The third-order valence-electron chi connectivity index (χ3n) is 6.45. The summed E-state index contributed by atoms with van der Waals surface area (Å²) in [5.41, 5.74) is 2.94. The SMILES string of the molecule is O=C(Cc1ccc(N2CCCC2=O)cc1)N[C@H](Cc1cc(F)cc(F)c1)[C@H](O)CNCc1cccc(I)c1. The number of carbonyl (C=O) groups is 2. The maximum atomic E-state index is 13.8. The van der Waals surface area contributed by atoms with Crippen LogP contribution in [0.25, 0.3) is 0 Å². The minimum atomic E-state index is -1.00. The van der Waals surface area contributed by atoms with E-state index in [4.69, 9.17) is 0 Å². The summed E-state index contributed by atoms with van der Waals surface area (Å²) < 4.78 is 28.7. The molecule has 0 saturated carbocycles. The van der Waals surface area contributed by atoms with E-state index in [1.807, 2.05) is 36.4 Å². The number of nitrogens with one attached hydrogen (secondary N) is 2. The van der Waals surface area contributed by atoms with Crippen molar-refractivity contribution in [1.29, 1.82) is 0 Å². The highest BCUT2D eigenvalue weighted by Crippen LogP contribution is 2.22. The fraction of sp³-hybridized carbons (Fsp3) is 0.310. The highest BCUT2D eigenvalue weighted by molar-refractivity contribution is 14.1. The van der Waals surface area contributed by atoms with Gasteiger partial charge in [-0.05, 0) is 88.5 Å². The first kappa shape index (κ1) is 28.1. The van der Waals surface area contributed by atoms with E-state index in [0.717, 1.165) is 32.9 Å². The van der Waals surface area contributed by atoms with Gasteiger partial charge >= 0.3 is 0 Å². The molecule has 2 atom stereocenters. The van der Waals surface area contributed by atoms with Gasteiger partial charge in [0.2, 0.25) is 11.8 Å². The molecule has 0 bridgehead atoms. The number of hydrogen-bond acceptors (Lipinski definition) is 4. The van der Waals surface area contributed by atoms with Crippen LogP contribution in [0.3, 0.4) is 0 Å². The zero-order chi connectivity index (χ0) is 27.1. The molecule has 1 aliphatic rings. The Kier molecular flexibility index (Phi) is 9.81. The van der Waals surface area contributed by atoms with Crippen molar-refractivity contribution in [2.45, 2.75) is 44.4 Å². The van der Waals surface area contributed by atoms with Gasteiger partial charge in [-0.25, -0.2) is 8.78 Å². The second-order valence-electron chi connectivity index (χ2n) is 9.48. The van der Waals surface area contributed by atoms with Gasteiger partial charge in [0.05, 0.1) is 18.6 Å². The van der Waals surface area contributed by atoms with Gasteiger partial charge in [0.15, 0.2) is 0 Å². The van der Waals surface area contributed by atoms with Crippen molar-refractivity contribution < 1.29 is 23.5 Å². The second kappa shape index (κ2) is 13.3. The van der Waals surface area contributed by atoms with E-state index in [0.29, 0.717) is 25.1 Å². The van der Waals surface area contributed by atoms with Crippen molar-refractivity contribution in [1.82, 2.24) is 10.6 Å². The van der Waals surface area contributed by atoms with E-state index < -0.39 is 23.8 Å². The Morgan fingerprint density at radius 2 is 1.74 bits per heavy atom. The Labute approximate surface area is 234 Å². The third-order valence-corrected chi connectivity index (χ3v) is 7.12. The number of amides is 2. The molecule has 0 aliphatic carbocycles. The molecule has 0 aromatic heterocycles. The minimum Gasteiger partial charge on any atom is -0.390 e. The van der Waals surface area contributed by atoms with Gasteiger partial charge in [-0.2, -0.15) is 0 Å². The van der Waals surface area contributed by atoms with E-state index >= 15 is 0 Å². The summed E-state index contributed by atoms with van der Waals surface area (Å²) in [7, 11) is 0. The van der Waals surface area contributed by atoms with E-state index in [2.05, 4.69) is 33.2 Å². The van der Waals surface area contributed by atoms with Crippen molar-refractivity contribution in [3.05, 3.63) is 98.6 Å². The molecule has 3 N–H and O–H groups in total. The normalized spacial score (nSPS) is 14.9. The number of anilines is 1. The molecule has 1 heterocycles. The summed E-state index contributed by atoms with van der Waals surface area (Å²) in [6, 6.07) is 17.6. The molecule has 1 saturated heterocycles. The molecular weight excluding hydrogens is 603 g/mol. The molecule has 0 spiro atoms. The van der Waals surface area contributed by atoms with E-state index in [-0.39, 0.29) is 31.2 Å². The summed E-state index contributed by atoms with van der Waals surface area (Å²) in [6.45, 7) is 1.39. The van der Waals surface area contributed by atoms with Crippen LogP contribution in [-0.4, -0.2) is 42.2 Å². The molecule has 1 aliphatic heterocycles. The predicted octanol–water partition coefficient (Wildman–Crippen LogP) is 4.12. The van der Waals surface area contributed by atoms with Crippen molar-refractivity contribution in [3.8, 4) is 0 Å². The molecule has 3 aromatic rings. The topological polar surface area (TPSA) is 81.7 Å². The minimum absolute atomic E-state index is 0.0580. The standard InChI is InChI=1S/C29H30F2IN3O3/c30-22-11-21(12-23(31)16-22)14-26(27(36)18-33-17-20-3-1-4-24(32)13-20)34-28(37)15-19-6-8-25(9-7-19)35-10-2-5-29(35)38/h1,3-4,6-9,11-13,16,26-27,33,36H,2,5,10,14-15,17-18H2,(H,34,37)/t26-,27-/m1/s1. The van der Waals surface area contributed by atoms with Gasteiger partial charge in [0.1, 0.15) is 11.6 Å². The van der Waals surface area contributed by atoms with Crippen LogP contribution < -0.4 is 15.5 Å². The molecule has 0 unspecified atom stereocenters. The molecule has 9 heteroatoms. The van der Waals surface area contributed by atoms with Crippen molar-refractivity contribution in [2.24, 2.45) is 0 Å². The molecule has 38 heavy (non-hydrogen) atoms. The van der Waals surface area contributed by atoms with E-state index in [1.54, 1.807) is 17.0 Å². The number of aliphatic hydroxyl groups is 1. The Balaban J connectivity index is 1.39. The van der Waals surface area contributed by atoms with Gasteiger partial charge in [-0.15, -0.1) is 0 Å². The summed E-state index contributed by atoms with van der Waals surface area (Å²) in [6.07, 6.45) is 0.494. The zero-order valence-electron chi connectivity index (χ0n) is 20.8. The highest BCUT2D eigenvalue weighted by Gasteiger charge is 2.24. The van der Waals surface area contributed by atoms with Gasteiger partial charge < -0.3 is 20.6 Å². The van der Waals surface area contributed by atoms with Crippen LogP contribution in [-0.2, 0) is 29.0 Å². The van der Waals surface area contributed by atoms with Gasteiger partial charge in [-0.1, -0.05) is 24.3 Å². The molecule has 200 valence electrons. The largest absolute Gasteiger partial charge is 0.390 e. The first-order chi connectivity index (χ1) is 18.3. The molecule has 3 aromatic carbocycles. The third kappa shape index (κ3) is 8.05. The molecular formula is C29H30F2IN3O3. The van der Waals surface area contributed by atoms with Crippen LogP contribution in [0, 0.1) is 15.2 Å². The predicted molar refractivity (Wildman–Crippen MR) is 151 cm³/mol. The lowest BCUT2D eigenvalue weighted by Crippen LogP contribution is -2.49. The van der Waals surface area contributed by atoms with Crippen molar-refractivity contribution in [3.63, 3.8) is 0 Å². The van der Waals surface area contributed by atoms with Crippen molar-refractivity contribution in [2.75, 3.05) is 18.0 Å². The van der Waals surface area contributed by atoms with Crippen LogP contribution in [0.4, 0.5) is 14.5 Å². The van der Waals surface area contributed by atoms with Gasteiger partial charge in [0.25, 0.3) is 0 Å². The smallest absolute Gasteiger partial charge is 0.227 e. The highest BCUT2D eigenvalue weighted by atomic mass is 127. The quantitative estimate of drug-likeness (QED) is 0.278. The summed E-state index contributed by atoms with van der Waals surface area (Å²) in [5, 5.41) is 17.0. The lowest BCUT2D eigenvalue weighted by Gasteiger charge is -2.25. The molecule has 1 fully saturated rings. The maximum Gasteiger partial charge on any atom is 0.227 e. The fourth-order valence-corrected chi connectivity index (χ4v) is 5.19. The number of halogens is 3. The molecule has 4 rings (SSSR count). The Morgan fingerprint density at radius 3 is 2.39 bits per heavy atom. The lowest BCUT2D eigenvalue weighted by atomic mass is 10.00. The Bertz CT molecular complexity index is 1250. The van der Waals surface area contributed by atoms with E-state index in [9.17, 15) is 23.5 Å². The average Bonchev–Trinajstić information content (AvgIpc) is 3.29. The molecule has 2 amide bonds.